The van der Waals surface area contributed by atoms with Crippen molar-refractivity contribution in [1.29, 1.82) is 0 Å². The molecule has 1 atom stereocenters. The summed E-state index contributed by atoms with van der Waals surface area (Å²) in [5, 5.41) is 0.433. The maximum Gasteiger partial charge on any atom is 0.124 e. The summed E-state index contributed by atoms with van der Waals surface area (Å²) >= 11 is 6.52. The molecule has 0 bridgehead atoms. The number of hydrogen-bond acceptors (Lipinski definition) is 3. The number of rotatable bonds is 9. The number of likely N-dealkylation sites (tertiary alicyclic amines) is 1. The van der Waals surface area contributed by atoms with E-state index in [0.29, 0.717) is 18.2 Å². The molecule has 33 heavy (non-hydrogen) atoms. The standard InChI is InChI=1S/C27H32ClF2NO2/c1-2-24(20-5-8-23(9-6-20)33-13-11-31-16-19(15-29)17-31)27(21-4-3-12-32-18-21)25-10-7-22(30)14-26(25)28/h5-10,14,19,21H,2-4,11-13,15-18H2,1H3/b27-24-. The Balaban J connectivity index is 1.54. The molecule has 2 aromatic rings. The second kappa shape index (κ2) is 11.5. The van der Waals surface area contributed by atoms with Crippen molar-refractivity contribution in [2.24, 2.45) is 11.8 Å². The van der Waals surface area contributed by atoms with Crippen molar-refractivity contribution in [2.45, 2.75) is 26.2 Å². The average molecular weight is 476 g/mol. The largest absolute Gasteiger partial charge is 0.492 e. The Kier molecular flexibility index (Phi) is 8.39. The maximum absolute atomic E-state index is 13.8. The number of halogens is 3. The number of allylic oxidation sites excluding steroid dienone is 1. The van der Waals surface area contributed by atoms with Gasteiger partial charge in [0.25, 0.3) is 0 Å². The average Bonchev–Trinajstić information content (AvgIpc) is 2.81. The van der Waals surface area contributed by atoms with Crippen LogP contribution >= 0.6 is 11.6 Å². The molecular formula is C27H32ClF2NO2. The zero-order valence-electron chi connectivity index (χ0n) is 19.2. The summed E-state index contributed by atoms with van der Waals surface area (Å²) in [5.41, 5.74) is 4.34. The zero-order chi connectivity index (χ0) is 23.2. The molecule has 2 aliphatic heterocycles. The van der Waals surface area contributed by atoms with Gasteiger partial charge in [0.15, 0.2) is 0 Å². The quantitative estimate of drug-likeness (QED) is 0.386. The maximum atomic E-state index is 13.8. The minimum Gasteiger partial charge on any atom is -0.492 e. The second-order valence-corrected chi connectivity index (χ2v) is 9.34. The van der Waals surface area contributed by atoms with Crippen LogP contribution in [0.2, 0.25) is 5.02 Å². The molecular weight excluding hydrogens is 444 g/mol. The van der Waals surface area contributed by atoms with Crippen LogP contribution in [-0.2, 0) is 4.74 Å². The lowest BCUT2D eigenvalue weighted by molar-refractivity contribution is 0.0668. The van der Waals surface area contributed by atoms with Crippen molar-refractivity contribution in [3.8, 4) is 5.75 Å². The zero-order valence-corrected chi connectivity index (χ0v) is 19.9. The van der Waals surface area contributed by atoms with Gasteiger partial charge in [-0.05, 0) is 65.8 Å². The minimum atomic E-state index is -0.332. The van der Waals surface area contributed by atoms with E-state index in [9.17, 15) is 8.78 Å². The highest BCUT2D eigenvalue weighted by Crippen LogP contribution is 2.41. The van der Waals surface area contributed by atoms with Crippen LogP contribution in [0.1, 0.15) is 37.3 Å². The summed E-state index contributed by atoms with van der Waals surface area (Å²) in [5.74, 6) is 0.902. The first kappa shape index (κ1) is 24.2. The lowest BCUT2D eigenvalue weighted by Crippen LogP contribution is -2.49. The molecule has 4 rings (SSSR count). The van der Waals surface area contributed by atoms with E-state index in [0.717, 1.165) is 68.0 Å². The van der Waals surface area contributed by atoms with Crippen molar-refractivity contribution in [1.82, 2.24) is 4.90 Å². The molecule has 178 valence electrons. The van der Waals surface area contributed by atoms with E-state index in [4.69, 9.17) is 21.1 Å². The molecule has 0 amide bonds. The minimum absolute atomic E-state index is 0.196. The van der Waals surface area contributed by atoms with Crippen molar-refractivity contribution >= 4 is 22.7 Å². The molecule has 0 N–H and O–H groups in total. The van der Waals surface area contributed by atoms with Crippen molar-refractivity contribution < 1.29 is 18.3 Å². The lowest BCUT2D eigenvalue weighted by Gasteiger charge is -2.37. The third-order valence-corrected chi connectivity index (χ3v) is 6.91. The normalized spacial score (nSPS) is 20.3. The predicted octanol–water partition coefficient (Wildman–Crippen LogP) is 6.51. The summed E-state index contributed by atoms with van der Waals surface area (Å²) in [4.78, 5) is 2.21. The highest BCUT2D eigenvalue weighted by Gasteiger charge is 2.26. The van der Waals surface area contributed by atoms with Crippen LogP contribution in [0.25, 0.3) is 11.1 Å². The Morgan fingerprint density at radius 1 is 1.18 bits per heavy atom. The van der Waals surface area contributed by atoms with E-state index in [2.05, 4.69) is 24.0 Å². The summed E-state index contributed by atoms with van der Waals surface area (Å²) in [7, 11) is 0. The third kappa shape index (κ3) is 5.95. The van der Waals surface area contributed by atoms with Gasteiger partial charge in [-0.25, -0.2) is 4.39 Å². The Morgan fingerprint density at radius 2 is 1.97 bits per heavy atom. The Morgan fingerprint density at radius 3 is 2.61 bits per heavy atom. The van der Waals surface area contributed by atoms with Gasteiger partial charge >= 0.3 is 0 Å². The van der Waals surface area contributed by atoms with Crippen molar-refractivity contribution in [2.75, 3.05) is 46.1 Å². The molecule has 0 aliphatic carbocycles. The van der Waals surface area contributed by atoms with Crippen LogP contribution in [0.3, 0.4) is 0 Å². The molecule has 3 nitrogen and oxygen atoms in total. The fraction of sp³-hybridized carbons (Fsp3) is 0.481. The molecule has 2 aliphatic rings. The van der Waals surface area contributed by atoms with Crippen LogP contribution in [0.4, 0.5) is 8.78 Å². The van der Waals surface area contributed by atoms with Gasteiger partial charge < -0.3 is 9.47 Å². The first-order valence-corrected chi connectivity index (χ1v) is 12.2. The molecule has 0 radical (unpaired) electrons. The first-order valence-electron chi connectivity index (χ1n) is 11.9. The number of nitrogens with zero attached hydrogens (tertiary/aromatic N) is 1. The SMILES string of the molecule is CC/C(=C(/c1ccc(F)cc1Cl)C1CCCOC1)c1ccc(OCCN2CC(CF)C2)cc1. The molecule has 2 heterocycles. The topological polar surface area (TPSA) is 21.7 Å². The van der Waals surface area contributed by atoms with Gasteiger partial charge in [-0.3, -0.25) is 9.29 Å². The van der Waals surface area contributed by atoms with Crippen LogP contribution < -0.4 is 4.74 Å². The Bertz CT molecular complexity index is 951. The molecule has 0 saturated carbocycles. The van der Waals surface area contributed by atoms with Gasteiger partial charge in [-0.15, -0.1) is 0 Å². The summed E-state index contributed by atoms with van der Waals surface area (Å²) in [6.07, 6.45) is 2.85. The van der Waals surface area contributed by atoms with E-state index in [1.165, 1.54) is 17.7 Å². The number of ether oxygens (including phenoxy) is 2. The van der Waals surface area contributed by atoms with Crippen LogP contribution in [0.5, 0.6) is 5.75 Å². The molecule has 1 unspecified atom stereocenters. The number of benzene rings is 2. The van der Waals surface area contributed by atoms with Gasteiger partial charge in [0.2, 0.25) is 0 Å². The Hall–Kier alpha value is -1.95. The van der Waals surface area contributed by atoms with Crippen LogP contribution in [0, 0.1) is 17.7 Å². The summed E-state index contributed by atoms with van der Waals surface area (Å²) in [6, 6.07) is 12.8. The van der Waals surface area contributed by atoms with Crippen molar-refractivity contribution in [3.63, 3.8) is 0 Å². The van der Waals surface area contributed by atoms with E-state index >= 15 is 0 Å². The lowest BCUT2D eigenvalue weighted by atomic mass is 9.82. The van der Waals surface area contributed by atoms with Crippen LogP contribution in [-0.4, -0.2) is 51.0 Å². The third-order valence-electron chi connectivity index (χ3n) is 6.60. The van der Waals surface area contributed by atoms with E-state index < -0.39 is 0 Å². The monoisotopic (exact) mass is 475 g/mol. The first-order chi connectivity index (χ1) is 16.1. The second-order valence-electron chi connectivity index (χ2n) is 8.94. The molecule has 2 saturated heterocycles. The fourth-order valence-corrected chi connectivity index (χ4v) is 5.13. The molecule has 2 aromatic carbocycles. The Labute approximate surface area is 200 Å². The smallest absolute Gasteiger partial charge is 0.124 e. The van der Waals surface area contributed by atoms with Gasteiger partial charge in [0.1, 0.15) is 18.2 Å². The molecule has 2 fully saturated rings. The van der Waals surface area contributed by atoms with E-state index in [1.54, 1.807) is 6.07 Å². The number of hydrogen-bond donors (Lipinski definition) is 0. The van der Waals surface area contributed by atoms with Crippen LogP contribution in [0.15, 0.2) is 42.5 Å². The van der Waals surface area contributed by atoms with Gasteiger partial charge in [-0.1, -0.05) is 36.7 Å². The predicted molar refractivity (Wildman–Crippen MR) is 130 cm³/mol. The van der Waals surface area contributed by atoms with Gasteiger partial charge in [0.05, 0.1) is 18.3 Å². The molecule has 0 spiro atoms. The molecule has 0 aromatic heterocycles. The highest BCUT2D eigenvalue weighted by molar-refractivity contribution is 6.32. The summed E-state index contributed by atoms with van der Waals surface area (Å²) < 4.78 is 38.0. The van der Waals surface area contributed by atoms with E-state index in [1.807, 2.05) is 12.1 Å². The van der Waals surface area contributed by atoms with Gasteiger partial charge in [0, 0.05) is 38.1 Å². The fourth-order valence-electron chi connectivity index (χ4n) is 4.86. The summed E-state index contributed by atoms with van der Waals surface area (Å²) in [6.45, 7) is 6.38. The van der Waals surface area contributed by atoms with Crippen molar-refractivity contribution in [3.05, 3.63) is 64.4 Å². The number of alkyl halides is 1. The van der Waals surface area contributed by atoms with Gasteiger partial charge in [-0.2, -0.15) is 0 Å². The van der Waals surface area contributed by atoms with E-state index in [-0.39, 0.29) is 24.3 Å². The highest BCUT2D eigenvalue weighted by atomic mass is 35.5. The molecule has 6 heteroatoms.